The Morgan fingerprint density at radius 1 is 1.71 bits per heavy atom. The van der Waals surface area contributed by atoms with Crippen molar-refractivity contribution in [3.05, 3.63) is 10.7 Å². The molecule has 0 bridgehead atoms. The number of anilines is 2. The van der Waals surface area contributed by atoms with Crippen molar-refractivity contribution in [2.24, 2.45) is 11.8 Å². The predicted molar refractivity (Wildman–Crippen MR) is 69.5 cm³/mol. The Hall–Kier alpha value is -0.920. The van der Waals surface area contributed by atoms with Gasteiger partial charge in [-0.3, -0.25) is 5.43 Å². The van der Waals surface area contributed by atoms with Gasteiger partial charge in [-0.15, -0.1) is 0 Å². The molecule has 0 amide bonds. The van der Waals surface area contributed by atoms with Gasteiger partial charge in [0.1, 0.15) is 5.82 Å². The van der Waals surface area contributed by atoms with Crippen molar-refractivity contribution in [2.45, 2.75) is 19.4 Å². The quantitative estimate of drug-likeness (QED) is 0.564. The molecular formula is C10H16BrN5O. The average molecular weight is 302 g/mol. The largest absolute Gasteiger partial charge is 0.393 e. The molecule has 0 aromatic carbocycles. The fraction of sp³-hybridized carbons (Fsp3) is 0.600. The number of aliphatic hydroxyl groups excluding tert-OH is 1. The zero-order chi connectivity index (χ0) is 12.4. The highest BCUT2D eigenvalue weighted by molar-refractivity contribution is 9.10. The van der Waals surface area contributed by atoms with Crippen LogP contribution >= 0.6 is 15.9 Å². The molecule has 2 unspecified atom stereocenters. The van der Waals surface area contributed by atoms with Crippen LogP contribution < -0.4 is 16.2 Å². The van der Waals surface area contributed by atoms with Gasteiger partial charge in [-0.2, -0.15) is 4.98 Å². The van der Waals surface area contributed by atoms with Crippen molar-refractivity contribution in [3.8, 4) is 0 Å². The molecule has 2 rings (SSSR count). The second-order valence-corrected chi connectivity index (χ2v) is 5.10. The van der Waals surface area contributed by atoms with Crippen LogP contribution in [0.25, 0.3) is 0 Å². The SMILES string of the molecule is CC(O)C1CCN(c2nc(NN)ncc2Br)C1. The van der Waals surface area contributed by atoms with Crippen LogP contribution in [0.2, 0.25) is 0 Å². The number of aromatic nitrogens is 2. The summed E-state index contributed by atoms with van der Waals surface area (Å²) in [7, 11) is 0. The highest BCUT2D eigenvalue weighted by Gasteiger charge is 2.28. The number of halogens is 1. The van der Waals surface area contributed by atoms with Crippen LogP contribution in [0, 0.1) is 5.92 Å². The summed E-state index contributed by atoms with van der Waals surface area (Å²) in [6.07, 6.45) is 2.36. The highest BCUT2D eigenvalue weighted by atomic mass is 79.9. The van der Waals surface area contributed by atoms with Crippen molar-refractivity contribution in [1.29, 1.82) is 0 Å². The van der Waals surface area contributed by atoms with Gasteiger partial charge in [-0.1, -0.05) is 0 Å². The summed E-state index contributed by atoms with van der Waals surface area (Å²) in [4.78, 5) is 10.5. The number of nitrogen functional groups attached to an aromatic ring is 1. The third-order valence-electron chi connectivity index (χ3n) is 3.06. The van der Waals surface area contributed by atoms with Crippen molar-refractivity contribution in [1.82, 2.24) is 9.97 Å². The lowest BCUT2D eigenvalue weighted by Gasteiger charge is -2.20. The van der Waals surface area contributed by atoms with Gasteiger partial charge in [0.05, 0.1) is 10.6 Å². The summed E-state index contributed by atoms with van der Waals surface area (Å²) in [6, 6.07) is 0. The summed E-state index contributed by atoms with van der Waals surface area (Å²) in [5.41, 5.74) is 2.43. The van der Waals surface area contributed by atoms with Crippen LogP contribution in [-0.2, 0) is 0 Å². The van der Waals surface area contributed by atoms with E-state index in [0.29, 0.717) is 11.9 Å². The molecule has 6 nitrogen and oxygen atoms in total. The van der Waals surface area contributed by atoms with Crippen molar-refractivity contribution >= 4 is 27.7 Å². The van der Waals surface area contributed by atoms with E-state index in [1.165, 1.54) is 0 Å². The summed E-state index contributed by atoms with van der Waals surface area (Å²) >= 11 is 3.43. The first kappa shape index (κ1) is 12.5. The number of rotatable bonds is 3. The minimum atomic E-state index is -0.285. The Kier molecular flexibility index (Phi) is 3.80. The van der Waals surface area contributed by atoms with Crippen LogP contribution in [0.5, 0.6) is 0 Å². The maximum Gasteiger partial charge on any atom is 0.239 e. The van der Waals surface area contributed by atoms with Gasteiger partial charge < -0.3 is 10.0 Å². The first-order chi connectivity index (χ1) is 8.11. The van der Waals surface area contributed by atoms with E-state index < -0.39 is 0 Å². The second kappa shape index (κ2) is 5.16. The van der Waals surface area contributed by atoms with E-state index in [2.05, 4.69) is 36.2 Å². The highest BCUT2D eigenvalue weighted by Crippen LogP contribution is 2.30. The van der Waals surface area contributed by atoms with Crippen LogP contribution in [0.15, 0.2) is 10.7 Å². The maximum atomic E-state index is 9.58. The molecule has 1 aromatic rings. The summed E-state index contributed by atoms with van der Waals surface area (Å²) < 4.78 is 0.836. The Morgan fingerprint density at radius 2 is 2.47 bits per heavy atom. The number of nitrogens with one attached hydrogen (secondary N) is 1. The lowest BCUT2D eigenvalue weighted by molar-refractivity contribution is 0.136. The van der Waals surface area contributed by atoms with E-state index in [1.54, 1.807) is 6.20 Å². The van der Waals surface area contributed by atoms with Gasteiger partial charge in [0.15, 0.2) is 0 Å². The molecule has 2 heterocycles. The fourth-order valence-corrected chi connectivity index (χ4v) is 2.46. The molecule has 0 spiro atoms. The van der Waals surface area contributed by atoms with Crippen LogP contribution in [0.4, 0.5) is 11.8 Å². The zero-order valence-electron chi connectivity index (χ0n) is 9.60. The standard InChI is InChI=1S/C10H16BrN5O/c1-6(17)7-2-3-16(5-7)9-8(11)4-13-10(14-9)15-12/h4,6-7,17H,2-3,5,12H2,1H3,(H,13,14,15). The van der Waals surface area contributed by atoms with E-state index >= 15 is 0 Å². The van der Waals surface area contributed by atoms with Crippen molar-refractivity contribution in [3.63, 3.8) is 0 Å². The molecule has 1 aliphatic heterocycles. The molecule has 17 heavy (non-hydrogen) atoms. The van der Waals surface area contributed by atoms with Crippen molar-refractivity contribution in [2.75, 3.05) is 23.4 Å². The van der Waals surface area contributed by atoms with Gasteiger partial charge in [-0.25, -0.2) is 10.8 Å². The average Bonchev–Trinajstić information content (AvgIpc) is 2.79. The normalized spacial score (nSPS) is 21.6. The maximum absolute atomic E-state index is 9.58. The second-order valence-electron chi connectivity index (χ2n) is 4.24. The number of hydrogen-bond donors (Lipinski definition) is 3. The Balaban J connectivity index is 2.18. The first-order valence-electron chi connectivity index (χ1n) is 5.54. The molecule has 94 valence electrons. The molecule has 1 saturated heterocycles. The smallest absolute Gasteiger partial charge is 0.239 e. The summed E-state index contributed by atoms with van der Waals surface area (Å²) in [5.74, 6) is 6.80. The number of nitrogens with two attached hydrogens (primary N) is 1. The molecule has 2 atom stereocenters. The van der Waals surface area contributed by atoms with Crippen LogP contribution in [0.1, 0.15) is 13.3 Å². The number of hydrazine groups is 1. The molecule has 1 fully saturated rings. The monoisotopic (exact) mass is 301 g/mol. The number of nitrogens with zero attached hydrogens (tertiary/aromatic N) is 3. The fourth-order valence-electron chi connectivity index (χ4n) is 2.02. The Morgan fingerprint density at radius 3 is 3.06 bits per heavy atom. The molecule has 1 aromatic heterocycles. The number of hydrogen-bond acceptors (Lipinski definition) is 6. The molecule has 7 heteroatoms. The lowest BCUT2D eigenvalue weighted by Crippen LogP contribution is -2.25. The van der Waals surface area contributed by atoms with E-state index in [-0.39, 0.29) is 6.10 Å². The third kappa shape index (κ3) is 2.67. The molecule has 0 aliphatic carbocycles. The molecule has 0 saturated carbocycles. The Bertz CT molecular complexity index is 400. The van der Waals surface area contributed by atoms with E-state index in [4.69, 9.17) is 5.84 Å². The number of aliphatic hydroxyl groups is 1. The zero-order valence-corrected chi connectivity index (χ0v) is 11.2. The third-order valence-corrected chi connectivity index (χ3v) is 3.62. The molecule has 1 aliphatic rings. The van der Waals surface area contributed by atoms with Crippen molar-refractivity contribution < 1.29 is 5.11 Å². The minimum Gasteiger partial charge on any atom is -0.393 e. The van der Waals surface area contributed by atoms with E-state index in [0.717, 1.165) is 29.8 Å². The van der Waals surface area contributed by atoms with Crippen LogP contribution in [-0.4, -0.2) is 34.3 Å². The van der Waals surface area contributed by atoms with Gasteiger partial charge in [-0.05, 0) is 29.3 Å². The van der Waals surface area contributed by atoms with Gasteiger partial charge in [0, 0.05) is 25.2 Å². The van der Waals surface area contributed by atoms with Crippen LogP contribution in [0.3, 0.4) is 0 Å². The minimum absolute atomic E-state index is 0.285. The van der Waals surface area contributed by atoms with Gasteiger partial charge in [0.25, 0.3) is 0 Å². The topological polar surface area (TPSA) is 87.3 Å². The first-order valence-corrected chi connectivity index (χ1v) is 6.33. The van der Waals surface area contributed by atoms with Gasteiger partial charge >= 0.3 is 0 Å². The summed E-state index contributed by atoms with van der Waals surface area (Å²) in [5, 5.41) is 9.58. The van der Waals surface area contributed by atoms with E-state index in [1.807, 2.05) is 6.92 Å². The predicted octanol–water partition coefficient (Wildman–Crippen LogP) is 0.732. The van der Waals surface area contributed by atoms with Gasteiger partial charge in [0.2, 0.25) is 5.95 Å². The molecular weight excluding hydrogens is 286 g/mol. The molecule has 4 N–H and O–H groups in total. The van der Waals surface area contributed by atoms with E-state index in [9.17, 15) is 5.11 Å². The molecule has 0 radical (unpaired) electrons. The summed E-state index contributed by atoms with van der Waals surface area (Å²) in [6.45, 7) is 3.52. The Labute approximate surface area is 108 Å². The lowest BCUT2D eigenvalue weighted by atomic mass is 10.0.